The van der Waals surface area contributed by atoms with E-state index in [1.807, 2.05) is 13.8 Å². The topological polar surface area (TPSA) is 70.1 Å². The molecule has 0 saturated heterocycles. The van der Waals surface area contributed by atoms with Gasteiger partial charge >= 0.3 is 0 Å². The molecule has 0 aliphatic carbocycles. The van der Waals surface area contributed by atoms with Crippen molar-refractivity contribution < 1.29 is 9.50 Å². The van der Waals surface area contributed by atoms with Crippen molar-refractivity contribution in [2.45, 2.75) is 32.7 Å². The first-order valence-electron chi connectivity index (χ1n) is 5.81. The number of nitrogens with one attached hydrogen (secondary N) is 2. The monoisotopic (exact) mass is 242 g/mol. The van der Waals surface area contributed by atoms with Crippen molar-refractivity contribution >= 4 is 11.8 Å². The molecule has 0 radical (unpaired) electrons. The van der Waals surface area contributed by atoms with E-state index in [4.69, 9.17) is 5.11 Å². The molecule has 0 saturated carbocycles. The molecule has 6 heteroatoms. The van der Waals surface area contributed by atoms with Crippen LogP contribution in [0.25, 0.3) is 0 Å². The van der Waals surface area contributed by atoms with Gasteiger partial charge in [0.2, 0.25) is 5.95 Å². The Bertz CT molecular complexity index is 348. The van der Waals surface area contributed by atoms with Crippen molar-refractivity contribution in [1.29, 1.82) is 0 Å². The van der Waals surface area contributed by atoms with E-state index in [0.29, 0.717) is 12.4 Å². The van der Waals surface area contributed by atoms with Crippen LogP contribution in [0.2, 0.25) is 0 Å². The Balaban J connectivity index is 2.68. The van der Waals surface area contributed by atoms with Crippen molar-refractivity contribution in [2.75, 3.05) is 23.8 Å². The molecular weight excluding hydrogens is 223 g/mol. The maximum Gasteiger partial charge on any atom is 0.224 e. The molecule has 0 aromatic carbocycles. The number of nitrogens with zero attached hydrogens (tertiary/aromatic N) is 2. The van der Waals surface area contributed by atoms with Gasteiger partial charge in [-0.3, -0.25) is 0 Å². The highest BCUT2D eigenvalue weighted by Gasteiger charge is 2.09. The van der Waals surface area contributed by atoms with Crippen LogP contribution in [0.3, 0.4) is 0 Å². The standard InChI is InChI=1S/C11H19FN4O/c1-3-5-13-11-14-7-9(12)10(16-11)15-8(2)4-6-17/h7-8,17H,3-6H2,1-2H3,(H2,13,14,15,16). The van der Waals surface area contributed by atoms with Crippen LogP contribution in [0.15, 0.2) is 6.20 Å². The van der Waals surface area contributed by atoms with Gasteiger partial charge in [-0.25, -0.2) is 9.37 Å². The molecule has 0 fully saturated rings. The third kappa shape index (κ3) is 4.52. The first-order valence-corrected chi connectivity index (χ1v) is 5.81. The lowest BCUT2D eigenvalue weighted by atomic mass is 10.2. The molecule has 96 valence electrons. The summed E-state index contributed by atoms with van der Waals surface area (Å²) in [6, 6.07) is -0.0385. The highest BCUT2D eigenvalue weighted by atomic mass is 19.1. The zero-order valence-electron chi connectivity index (χ0n) is 10.2. The Morgan fingerprint density at radius 2 is 2.29 bits per heavy atom. The van der Waals surface area contributed by atoms with Crippen molar-refractivity contribution in [2.24, 2.45) is 0 Å². The van der Waals surface area contributed by atoms with Crippen LogP contribution in [-0.4, -0.2) is 34.3 Å². The molecule has 0 amide bonds. The maximum atomic E-state index is 13.4. The number of aliphatic hydroxyl groups is 1. The number of hydrogen-bond donors (Lipinski definition) is 3. The fraction of sp³-hybridized carbons (Fsp3) is 0.636. The second-order valence-corrected chi connectivity index (χ2v) is 3.87. The molecule has 5 nitrogen and oxygen atoms in total. The van der Waals surface area contributed by atoms with Crippen LogP contribution in [-0.2, 0) is 0 Å². The third-order valence-corrected chi connectivity index (χ3v) is 2.22. The van der Waals surface area contributed by atoms with E-state index in [9.17, 15) is 4.39 Å². The predicted molar refractivity (Wildman–Crippen MR) is 65.6 cm³/mol. The highest BCUT2D eigenvalue weighted by Crippen LogP contribution is 2.13. The quantitative estimate of drug-likeness (QED) is 0.678. The number of rotatable bonds is 7. The fourth-order valence-electron chi connectivity index (χ4n) is 1.29. The minimum atomic E-state index is -0.489. The smallest absolute Gasteiger partial charge is 0.224 e. The van der Waals surface area contributed by atoms with Crippen LogP contribution in [0, 0.1) is 5.82 Å². The Kier molecular flexibility index (Phi) is 5.62. The molecular formula is C11H19FN4O. The molecule has 1 aromatic heterocycles. The summed E-state index contributed by atoms with van der Waals surface area (Å²) in [5.74, 6) is 0.0864. The molecule has 1 aromatic rings. The van der Waals surface area contributed by atoms with Crippen LogP contribution >= 0.6 is 0 Å². The van der Waals surface area contributed by atoms with E-state index >= 15 is 0 Å². The molecule has 1 atom stereocenters. The maximum absolute atomic E-state index is 13.4. The SMILES string of the molecule is CCCNc1ncc(F)c(NC(C)CCO)n1. The van der Waals surface area contributed by atoms with E-state index in [2.05, 4.69) is 20.6 Å². The van der Waals surface area contributed by atoms with Gasteiger partial charge in [-0.1, -0.05) is 6.92 Å². The molecule has 3 N–H and O–H groups in total. The zero-order chi connectivity index (χ0) is 12.7. The largest absolute Gasteiger partial charge is 0.396 e. The van der Waals surface area contributed by atoms with Crippen LogP contribution in [0.4, 0.5) is 16.2 Å². The van der Waals surface area contributed by atoms with Crippen molar-refractivity contribution in [3.05, 3.63) is 12.0 Å². The van der Waals surface area contributed by atoms with Crippen molar-refractivity contribution in [3.8, 4) is 0 Å². The molecule has 1 unspecified atom stereocenters. The van der Waals surface area contributed by atoms with Crippen LogP contribution in [0.5, 0.6) is 0 Å². The average molecular weight is 242 g/mol. The van der Waals surface area contributed by atoms with E-state index in [0.717, 1.165) is 19.2 Å². The summed E-state index contributed by atoms with van der Waals surface area (Å²) >= 11 is 0. The molecule has 0 aliphatic heterocycles. The predicted octanol–water partition coefficient (Wildman–Crippen LogP) is 1.62. The summed E-state index contributed by atoms with van der Waals surface area (Å²) in [4.78, 5) is 7.89. The summed E-state index contributed by atoms with van der Waals surface area (Å²) < 4.78 is 13.4. The van der Waals surface area contributed by atoms with Gasteiger partial charge in [-0.05, 0) is 19.8 Å². The summed E-state index contributed by atoms with van der Waals surface area (Å²) in [6.45, 7) is 4.69. The van der Waals surface area contributed by atoms with E-state index in [1.165, 1.54) is 0 Å². The number of hydrogen-bond acceptors (Lipinski definition) is 5. The van der Waals surface area contributed by atoms with Gasteiger partial charge in [0, 0.05) is 19.2 Å². The van der Waals surface area contributed by atoms with Gasteiger partial charge in [0.15, 0.2) is 11.6 Å². The molecule has 0 aliphatic rings. The van der Waals surface area contributed by atoms with E-state index in [1.54, 1.807) is 0 Å². The van der Waals surface area contributed by atoms with Gasteiger partial charge < -0.3 is 15.7 Å². The molecule has 17 heavy (non-hydrogen) atoms. The molecule has 0 spiro atoms. The second kappa shape index (κ2) is 7.01. The lowest BCUT2D eigenvalue weighted by Crippen LogP contribution is -2.19. The lowest BCUT2D eigenvalue weighted by molar-refractivity contribution is 0.282. The first kappa shape index (κ1) is 13.6. The summed E-state index contributed by atoms with van der Waals surface area (Å²) in [7, 11) is 0. The van der Waals surface area contributed by atoms with Crippen LogP contribution < -0.4 is 10.6 Å². The number of aliphatic hydroxyl groups excluding tert-OH is 1. The normalized spacial score (nSPS) is 12.2. The lowest BCUT2D eigenvalue weighted by Gasteiger charge is -2.14. The Morgan fingerprint density at radius 1 is 1.53 bits per heavy atom. The first-order chi connectivity index (χ1) is 8.17. The Labute approximate surface area is 100 Å². The number of anilines is 2. The fourth-order valence-corrected chi connectivity index (χ4v) is 1.29. The van der Waals surface area contributed by atoms with Gasteiger partial charge in [0.05, 0.1) is 6.20 Å². The minimum Gasteiger partial charge on any atom is -0.396 e. The van der Waals surface area contributed by atoms with Gasteiger partial charge in [-0.15, -0.1) is 0 Å². The summed E-state index contributed by atoms with van der Waals surface area (Å²) in [5, 5.41) is 14.7. The number of halogens is 1. The second-order valence-electron chi connectivity index (χ2n) is 3.87. The van der Waals surface area contributed by atoms with E-state index < -0.39 is 5.82 Å². The Hall–Kier alpha value is -1.43. The van der Waals surface area contributed by atoms with Gasteiger partial charge in [-0.2, -0.15) is 4.98 Å². The van der Waals surface area contributed by atoms with Crippen molar-refractivity contribution in [3.63, 3.8) is 0 Å². The van der Waals surface area contributed by atoms with Gasteiger partial charge in [0.1, 0.15) is 0 Å². The van der Waals surface area contributed by atoms with Gasteiger partial charge in [0.25, 0.3) is 0 Å². The minimum absolute atomic E-state index is 0.0385. The molecule has 1 rings (SSSR count). The summed E-state index contributed by atoms with van der Waals surface area (Å²) in [5.41, 5.74) is 0. The third-order valence-electron chi connectivity index (χ3n) is 2.22. The zero-order valence-corrected chi connectivity index (χ0v) is 10.2. The highest BCUT2D eigenvalue weighted by molar-refractivity contribution is 5.41. The molecule has 0 bridgehead atoms. The summed E-state index contributed by atoms with van der Waals surface area (Å²) in [6.07, 6.45) is 2.63. The van der Waals surface area contributed by atoms with Crippen LogP contribution in [0.1, 0.15) is 26.7 Å². The van der Waals surface area contributed by atoms with E-state index in [-0.39, 0.29) is 18.5 Å². The van der Waals surface area contributed by atoms with Crippen molar-refractivity contribution in [1.82, 2.24) is 9.97 Å². The Morgan fingerprint density at radius 3 is 2.94 bits per heavy atom. The number of aromatic nitrogens is 2. The molecule has 1 heterocycles. The average Bonchev–Trinajstić information content (AvgIpc) is 2.30.